The fraction of sp³-hybridized carbons (Fsp3) is 0.667. The van der Waals surface area contributed by atoms with Gasteiger partial charge in [-0.3, -0.25) is 4.98 Å². The number of rotatable bonds is 4. The van der Waals surface area contributed by atoms with Crippen LogP contribution < -0.4 is 9.64 Å². The molecule has 1 saturated heterocycles. The molecule has 0 aromatic carbocycles. The Hall–Kier alpha value is -1.07. The molecule has 2 heterocycles. The first-order valence-corrected chi connectivity index (χ1v) is 6.63. The maximum Gasteiger partial charge on any atom is 0.234 e. The molecule has 1 aliphatic rings. The lowest BCUT2D eigenvalue weighted by Gasteiger charge is -2.35. The molecule has 18 heavy (non-hydrogen) atoms. The fourth-order valence-corrected chi connectivity index (χ4v) is 2.11. The second-order valence-corrected chi connectivity index (χ2v) is 4.77. The van der Waals surface area contributed by atoms with E-state index in [0.717, 1.165) is 12.4 Å². The summed E-state index contributed by atoms with van der Waals surface area (Å²) >= 11 is 5.95. The SMILES string of the molecule is CC(C)Oc1cncc(N2CCOCC2CCl)n1. The number of hydrogen-bond acceptors (Lipinski definition) is 5. The van der Waals surface area contributed by atoms with Crippen molar-refractivity contribution in [3.8, 4) is 5.88 Å². The summed E-state index contributed by atoms with van der Waals surface area (Å²) in [5, 5.41) is 0. The third-order valence-corrected chi connectivity index (χ3v) is 3.01. The van der Waals surface area contributed by atoms with Crippen molar-refractivity contribution >= 4 is 17.4 Å². The van der Waals surface area contributed by atoms with Crippen LogP contribution in [0.5, 0.6) is 5.88 Å². The van der Waals surface area contributed by atoms with Gasteiger partial charge in [0.15, 0.2) is 5.82 Å². The first-order valence-electron chi connectivity index (χ1n) is 6.09. The maximum atomic E-state index is 5.95. The molecule has 0 amide bonds. The number of anilines is 1. The predicted octanol–water partition coefficient (Wildman–Crippen LogP) is 1.71. The lowest BCUT2D eigenvalue weighted by atomic mass is 10.2. The summed E-state index contributed by atoms with van der Waals surface area (Å²) in [6.07, 6.45) is 3.45. The van der Waals surface area contributed by atoms with Gasteiger partial charge < -0.3 is 14.4 Å². The smallest absolute Gasteiger partial charge is 0.234 e. The van der Waals surface area contributed by atoms with Gasteiger partial charge in [-0.2, -0.15) is 4.98 Å². The van der Waals surface area contributed by atoms with Crippen molar-refractivity contribution in [1.82, 2.24) is 9.97 Å². The molecule has 0 aliphatic carbocycles. The van der Waals surface area contributed by atoms with Gasteiger partial charge in [-0.15, -0.1) is 11.6 Å². The summed E-state index contributed by atoms with van der Waals surface area (Å²) in [5.74, 6) is 1.85. The molecule has 100 valence electrons. The van der Waals surface area contributed by atoms with Gasteiger partial charge in [0.05, 0.1) is 37.8 Å². The van der Waals surface area contributed by atoms with Crippen molar-refractivity contribution in [2.75, 3.05) is 30.5 Å². The van der Waals surface area contributed by atoms with Gasteiger partial charge in [-0.1, -0.05) is 0 Å². The van der Waals surface area contributed by atoms with E-state index in [1.54, 1.807) is 12.4 Å². The third-order valence-electron chi connectivity index (χ3n) is 2.66. The topological polar surface area (TPSA) is 47.5 Å². The molecule has 1 aliphatic heterocycles. The molecule has 0 saturated carbocycles. The Morgan fingerprint density at radius 3 is 3.11 bits per heavy atom. The highest BCUT2D eigenvalue weighted by Crippen LogP contribution is 2.20. The minimum atomic E-state index is 0.0862. The Morgan fingerprint density at radius 2 is 2.39 bits per heavy atom. The summed E-state index contributed by atoms with van der Waals surface area (Å²) in [6, 6.07) is 0.143. The zero-order valence-electron chi connectivity index (χ0n) is 10.7. The van der Waals surface area contributed by atoms with Crippen LogP contribution in [0.1, 0.15) is 13.8 Å². The highest BCUT2D eigenvalue weighted by Gasteiger charge is 2.24. The summed E-state index contributed by atoms with van der Waals surface area (Å²) < 4.78 is 11.0. The van der Waals surface area contributed by atoms with Crippen LogP contribution in [0.4, 0.5) is 5.82 Å². The molecule has 0 spiro atoms. The van der Waals surface area contributed by atoms with E-state index in [1.165, 1.54) is 0 Å². The van der Waals surface area contributed by atoms with Crippen molar-refractivity contribution in [3.05, 3.63) is 12.4 Å². The molecule has 5 nitrogen and oxygen atoms in total. The Kier molecular flexibility index (Phi) is 4.60. The summed E-state index contributed by atoms with van der Waals surface area (Å²) in [4.78, 5) is 10.8. The highest BCUT2D eigenvalue weighted by atomic mass is 35.5. The monoisotopic (exact) mass is 271 g/mol. The summed E-state index contributed by atoms with van der Waals surface area (Å²) in [7, 11) is 0. The van der Waals surface area contributed by atoms with Gasteiger partial charge in [0.2, 0.25) is 5.88 Å². The third kappa shape index (κ3) is 3.23. The summed E-state index contributed by atoms with van der Waals surface area (Å²) in [6.45, 7) is 6.01. The molecular weight excluding hydrogens is 254 g/mol. The van der Waals surface area contributed by atoms with Crippen LogP contribution in [0.15, 0.2) is 12.4 Å². The van der Waals surface area contributed by atoms with Gasteiger partial charge in [0, 0.05) is 12.4 Å². The molecule has 1 unspecified atom stereocenters. The van der Waals surface area contributed by atoms with E-state index in [9.17, 15) is 0 Å². The van der Waals surface area contributed by atoms with Crippen LogP contribution in [0.2, 0.25) is 0 Å². The zero-order valence-corrected chi connectivity index (χ0v) is 11.4. The summed E-state index contributed by atoms with van der Waals surface area (Å²) in [5.41, 5.74) is 0. The number of aromatic nitrogens is 2. The lowest BCUT2D eigenvalue weighted by molar-refractivity contribution is 0.0992. The molecule has 1 atom stereocenters. The average Bonchev–Trinajstić information content (AvgIpc) is 2.38. The molecule has 1 aromatic rings. The Morgan fingerprint density at radius 1 is 1.56 bits per heavy atom. The van der Waals surface area contributed by atoms with Crippen molar-refractivity contribution in [2.24, 2.45) is 0 Å². The van der Waals surface area contributed by atoms with E-state index < -0.39 is 0 Å². The minimum absolute atomic E-state index is 0.0862. The van der Waals surface area contributed by atoms with Crippen LogP contribution in [0.3, 0.4) is 0 Å². The fourth-order valence-electron chi connectivity index (χ4n) is 1.86. The lowest BCUT2D eigenvalue weighted by Crippen LogP contribution is -2.47. The Bertz CT molecular complexity index is 389. The number of nitrogens with zero attached hydrogens (tertiary/aromatic N) is 3. The van der Waals surface area contributed by atoms with Gasteiger partial charge in [0.1, 0.15) is 0 Å². The number of alkyl halides is 1. The minimum Gasteiger partial charge on any atom is -0.474 e. The van der Waals surface area contributed by atoms with Crippen LogP contribution in [0.25, 0.3) is 0 Å². The van der Waals surface area contributed by atoms with Crippen molar-refractivity contribution in [3.63, 3.8) is 0 Å². The van der Waals surface area contributed by atoms with Crippen LogP contribution >= 0.6 is 11.6 Å². The number of halogens is 1. The molecule has 1 aromatic heterocycles. The van der Waals surface area contributed by atoms with Crippen molar-refractivity contribution in [1.29, 1.82) is 0 Å². The molecule has 0 bridgehead atoms. The van der Waals surface area contributed by atoms with E-state index in [1.807, 2.05) is 13.8 Å². The van der Waals surface area contributed by atoms with E-state index in [0.29, 0.717) is 25.0 Å². The number of ether oxygens (including phenoxy) is 2. The Labute approximate surface area is 112 Å². The largest absolute Gasteiger partial charge is 0.474 e. The van der Waals surface area contributed by atoms with Gasteiger partial charge in [0.25, 0.3) is 0 Å². The molecule has 2 rings (SSSR count). The number of hydrogen-bond donors (Lipinski definition) is 0. The molecule has 1 fully saturated rings. The molecule has 0 radical (unpaired) electrons. The molecule has 0 N–H and O–H groups in total. The van der Waals surface area contributed by atoms with Gasteiger partial charge in [-0.05, 0) is 13.8 Å². The molecular formula is C12H18ClN3O2. The van der Waals surface area contributed by atoms with E-state index in [2.05, 4.69) is 14.9 Å². The van der Waals surface area contributed by atoms with Gasteiger partial charge in [-0.25, -0.2) is 0 Å². The predicted molar refractivity (Wildman–Crippen MR) is 70.5 cm³/mol. The van der Waals surface area contributed by atoms with Crippen LogP contribution in [0, 0.1) is 0 Å². The van der Waals surface area contributed by atoms with Gasteiger partial charge >= 0.3 is 0 Å². The highest BCUT2D eigenvalue weighted by molar-refractivity contribution is 6.18. The van der Waals surface area contributed by atoms with E-state index in [4.69, 9.17) is 21.1 Å². The quantitative estimate of drug-likeness (QED) is 0.780. The standard InChI is InChI=1S/C12H18ClN3O2/c1-9(2)18-12-7-14-6-11(15-12)16-3-4-17-8-10(16)5-13/h6-7,9-10H,3-5,8H2,1-2H3. The van der Waals surface area contributed by atoms with E-state index >= 15 is 0 Å². The second-order valence-electron chi connectivity index (χ2n) is 4.46. The van der Waals surface area contributed by atoms with E-state index in [-0.39, 0.29) is 12.1 Å². The first kappa shape index (κ1) is 13.4. The first-order chi connectivity index (χ1) is 8.70. The second kappa shape index (κ2) is 6.20. The molecule has 6 heteroatoms. The zero-order chi connectivity index (χ0) is 13.0. The maximum absolute atomic E-state index is 5.95. The van der Waals surface area contributed by atoms with Crippen LogP contribution in [-0.2, 0) is 4.74 Å². The van der Waals surface area contributed by atoms with Crippen molar-refractivity contribution < 1.29 is 9.47 Å². The normalized spacial score (nSPS) is 20.2. The average molecular weight is 272 g/mol. The van der Waals surface area contributed by atoms with Crippen LogP contribution in [-0.4, -0.2) is 47.8 Å². The number of morpholine rings is 1. The Balaban J connectivity index is 2.15. The van der Waals surface area contributed by atoms with Crippen molar-refractivity contribution in [2.45, 2.75) is 26.0 Å².